The fourth-order valence-corrected chi connectivity index (χ4v) is 3.71. The summed E-state index contributed by atoms with van der Waals surface area (Å²) in [5, 5.41) is 2.16. The van der Waals surface area contributed by atoms with Crippen LogP contribution in [0.3, 0.4) is 0 Å². The summed E-state index contributed by atoms with van der Waals surface area (Å²) in [5.41, 5.74) is 6.25. The zero-order valence-corrected chi connectivity index (χ0v) is 11.6. The predicted octanol–water partition coefficient (Wildman–Crippen LogP) is 4.37. The summed E-state index contributed by atoms with van der Waals surface area (Å²) in [5.74, 6) is 0.931. The summed E-state index contributed by atoms with van der Waals surface area (Å²) in [6, 6.07) is 4.82. The summed E-state index contributed by atoms with van der Waals surface area (Å²) >= 11 is 1.87. The lowest BCUT2D eigenvalue weighted by atomic mass is 9.84. The molecular formula is C15H25NS. The van der Waals surface area contributed by atoms with Crippen molar-refractivity contribution in [3.8, 4) is 0 Å². The fourth-order valence-electron chi connectivity index (χ4n) is 2.96. The predicted molar refractivity (Wildman–Crippen MR) is 76.4 cm³/mol. The van der Waals surface area contributed by atoms with Crippen molar-refractivity contribution in [2.45, 2.75) is 63.8 Å². The molecular weight excluding hydrogens is 226 g/mol. The van der Waals surface area contributed by atoms with Crippen LogP contribution in [-0.2, 0) is 6.42 Å². The van der Waals surface area contributed by atoms with Gasteiger partial charge in [0.1, 0.15) is 0 Å². The molecule has 1 heterocycles. The first kappa shape index (κ1) is 13.1. The first-order valence-corrected chi connectivity index (χ1v) is 8.00. The molecule has 1 aliphatic carbocycles. The highest BCUT2D eigenvalue weighted by Crippen LogP contribution is 2.27. The van der Waals surface area contributed by atoms with Crippen LogP contribution in [-0.4, -0.2) is 6.04 Å². The molecule has 0 radical (unpaired) electrons. The average molecular weight is 251 g/mol. The van der Waals surface area contributed by atoms with Gasteiger partial charge in [-0.15, -0.1) is 11.3 Å². The van der Waals surface area contributed by atoms with E-state index < -0.39 is 0 Å². The van der Waals surface area contributed by atoms with Gasteiger partial charge in [0.15, 0.2) is 0 Å². The van der Waals surface area contributed by atoms with Crippen LogP contribution in [0, 0.1) is 5.92 Å². The van der Waals surface area contributed by atoms with E-state index in [9.17, 15) is 0 Å². The molecule has 0 aromatic carbocycles. The van der Waals surface area contributed by atoms with E-state index in [2.05, 4.69) is 17.5 Å². The largest absolute Gasteiger partial charge is 0.328 e. The highest BCUT2D eigenvalue weighted by Gasteiger charge is 2.16. The van der Waals surface area contributed by atoms with E-state index in [0.717, 1.165) is 5.92 Å². The highest BCUT2D eigenvalue weighted by molar-refractivity contribution is 7.09. The second-order valence-electron chi connectivity index (χ2n) is 5.47. The monoisotopic (exact) mass is 251 g/mol. The molecule has 1 atom stereocenters. The minimum Gasteiger partial charge on any atom is -0.328 e. The fraction of sp³-hybridized carbons (Fsp3) is 0.733. The molecule has 0 aliphatic heterocycles. The highest BCUT2D eigenvalue weighted by atomic mass is 32.1. The van der Waals surface area contributed by atoms with Crippen LogP contribution in [0.2, 0.25) is 0 Å². The third-order valence-corrected chi connectivity index (χ3v) is 4.88. The molecule has 1 nitrogen and oxygen atoms in total. The van der Waals surface area contributed by atoms with E-state index in [4.69, 9.17) is 5.73 Å². The molecule has 17 heavy (non-hydrogen) atoms. The summed E-state index contributed by atoms with van der Waals surface area (Å²) in [4.78, 5) is 1.51. The van der Waals surface area contributed by atoms with Gasteiger partial charge in [0.2, 0.25) is 0 Å². The minimum absolute atomic E-state index is 0.443. The minimum atomic E-state index is 0.443. The van der Waals surface area contributed by atoms with Crippen molar-refractivity contribution in [1.29, 1.82) is 0 Å². The van der Waals surface area contributed by atoms with Gasteiger partial charge in [-0.1, -0.05) is 38.2 Å². The lowest BCUT2D eigenvalue weighted by Gasteiger charge is -2.24. The normalized spacial score (nSPS) is 19.4. The molecule has 0 spiro atoms. The third kappa shape index (κ3) is 4.81. The van der Waals surface area contributed by atoms with Gasteiger partial charge in [-0.3, -0.25) is 0 Å². The number of nitrogens with two attached hydrogens (primary N) is 1. The zero-order chi connectivity index (χ0) is 11.9. The van der Waals surface area contributed by atoms with Crippen molar-refractivity contribution in [3.05, 3.63) is 22.4 Å². The van der Waals surface area contributed by atoms with Crippen LogP contribution in [0.1, 0.15) is 56.2 Å². The van der Waals surface area contributed by atoms with E-state index in [-0.39, 0.29) is 0 Å². The van der Waals surface area contributed by atoms with E-state index in [0.29, 0.717) is 6.04 Å². The Balaban J connectivity index is 1.58. The molecule has 96 valence electrons. The maximum absolute atomic E-state index is 6.25. The first-order chi connectivity index (χ1) is 8.34. The van der Waals surface area contributed by atoms with Gasteiger partial charge < -0.3 is 5.73 Å². The molecule has 0 amide bonds. The molecule has 2 rings (SSSR count). The first-order valence-electron chi connectivity index (χ1n) is 7.12. The second-order valence-corrected chi connectivity index (χ2v) is 6.50. The molecule has 0 bridgehead atoms. The maximum atomic E-state index is 6.25. The Morgan fingerprint density at radius 1 is 1.29 bits per heavy atom. The van der Waals surface area contributed by atoms with E-state index in [1.165, 1.54) is 62.7 Å². The molecule has 2 heteroatoms. The Morgan fingerprint density at radius 2 is 2.12 bits per heavy atom. The van der Waals surface area contributed by atoms with Crippen molar-refractivity contribution in [3.63, 3.8) is 0 Å². The lowest BCUT2D eigenvalue weighted by molar-refractivity contribution is 0.311. The standard InChI is InChI=1S/C15H25NS/c16-14(12-13-6-2-1-3-7-13)8-4-9-15-10-5-11-17-15/h5,10-11,13-14H,1-4,6-9,12,16H2. The molecule has 1 aromatic heterocycles. The number of hydrogen-bond donors (Lipinski definition) is 1. The van der Waals surface area contributed by atoms with Gasteiger partial charge in [-0.05, 0) is 43.0 Å². The lowest BCUT2D eigenvalue weighted by Crippen LogP contribution is -2.24. The molecule has 1 saturated carbocycles. The number of aryl methyl sites for hydroxylation is 1. The van der Waals surface area contributed by atoms with Crippen LogP contribution in [0.15, 0.2) is 17.5 Å². The number of hydrogen-bond acceptors (Lipinski definition) is 2. The molecule has 1 unspecified atom stereocenters. The maximum Gasteiger partial charge on any atom is 0.00452 e. The van der Waals surface area contributed by atoms with E-state index >= 15 is 0 Å². The van der Waals surface area contributed by atoms with Crippen LogP contribution in [0.4, 0.5) is 0 Å². The van der Waals surface area contributed by atoms with Gasteiger partial charge in [-0.2, -0.15) is 0 Å². The smallest absolute Gasteiger partial charge is 0.00452 e. The van der Waals surface area contributed by atoms with Crippen molar-refractivity contribution in [2.24, 2.45) is 11.7 Å². The summed E-state index contributed by atoms with van der Waals surface area (Å²) in [6.45, 7) is 0. The SMILES string of the molecule is NC(CCCc1cccs1)CC1CCCCC1. The van der Waals surface area contributed by atoms with Crippen molar-refractivity contribution >= 4 is 11.3 Å². The van der Waals surface area contributed by atoms with E-state index in [1.54, 1.807) is 0 Å². The summed E-state index contributed by atoms with van der Waals surface area (Å²) in [6.07, 6.45) is 12.1. The Morgan fingerprint density at radius 3 is 2.82 bits per heavy atom. The van der Waals surface area contributed by atoms with Crippen LogP contribution in [0.25, 0.3) is 0 Å². The van der Waals surface area contributed by atoms with Gasteiger partial charge >= 0.3 is 0 Å². The molecule has 1 aliphatic rings. The van der Waals surface area contributed by atoms with Crippen molar-refractivity contribution in [1.82, 2.24) is 0 Å². The molecule has 1 aromatic rings. The third-order valence-electron chi connectivity index (χ3n) is 3.94. The number of thiophene rings is 1. The van der Waals surface area contributed by atoms with Gasteiger partial charge in [-0.25, -0.2) is 0 Å². The molecule has 1 fully saturated rings. The van der Waals surface area contributed by atoms with Crippen molar-refractivity contribution < 1.29 is 0 Å². The molecule has 0 saturated heterocycles. The second kappa shape index (κ2) is 7.17. The Bertz CT molecular complexity index is 288. The summed E-state index contributed by atoms with van der Waals surface area (Å²) in [7, 11) is 0. The Kier molecular flexibility index (Phi) is 5.53. The van der Waals surface area contributed by atoms with Gasteiger partial charge in [0, 0.05) is 10.9 Å². The van der Waals surface area contributed by atoms with E-state index in [1.807, 2.05) is 11.3 Å². The van der Waals surface area contributed by atoms with Gasteiger partial charge in [0.25, 0.3) is 0 Å². The average Bonchev–Trinajstić information content (AvgIpc) is 2.83. The van der Waals surface area contributed by atoms with Gasteiger partial charge in [0.05, 0.1) is 0 Å². The number of rotatable bonds is 6. The zero-order valence-electron chi connectivity index (χ0n) is 10.7. The molecule has 2 N–H and O–H groups in total. The van der Waals surface area contributed by atoms with Crippen molar-refractivity contribution in [2.75, 3.05) is 0 Å². The Labute approximate surface area is 109 Å². The van der Waals surface area contributed by atoms with Crippen LogP contribution < -0.4 is 5.73 Å². The summed E-state index contributed by atoms with van der Waals surface area (Å²) < 4.78 is 0. The van der Waals surface area contributed by atoms with Crippen LogP contribution >= 0.6 is 11.3 Å². The quantitative estimate of drug-likeness (QED) is 0.798. The van der Waals surface area contributed by atoms with Crippen LogP contribution in [0.5, 0.6) is 0 Å². The topological polar surface area (TPSA) is 26.0 Å². The Hall–Kier alpha value is -0.340.